The second-order valence-electron chi connectivity index (χ2n) is 9.81. The van der Waals surface area contributed by atoms with Crippen LogP contribution in [0.3, 0.4) is 0 Å². The van der Waals surface area contributed by atoms with Crippen LogP contribution in [-0.2, 0) is 9.53 Å². The number of carbonyl (C=O) groups is 2. The summed E-state index contributed by atoms with van der Waals surface area (Å²) in [5, 5.41) is 12.5. The molecule has 7 nitrogen and oxygen atoms in total. The van der Waals surface area contributed by atoms with E-state index in [9.17, 15) is 9.59 Å². The van der Waals surface area contributed by atoms with Gasteiger partial charge in [-0.1, -0.05) is 37.0 Å². The summed E-state index contributed by atoms with van der Waals surface area (Å²) in [6, 6.07) is 0.522. The van der Waals surface area contributed by atoms with E-state index >= 15 is 0 Å². The van der Waals surface area contributed by atoms with E-state index in [0.717, 1.165) is 61.9 Å². The molecular weight excluding hydrogens is 458 g/mol. The first-order valence-corrected chi connectivity index (χ1v) is 14.4. The Morgan fingerprint density at radius 3 is 2.21 bits per heavy atom. The number of nitrogens with zero attached hydrogens (tertiary/aromatic N) is 2. The van der Waals surface area contributed by atoms with E-state index in [1.54, 1.807) is 6.20 Å². The average Bonchev–Trinajstić information content (AvgIpc) is 3.57. The lowest BCUT2D eigenvalue weighted by atomic mass is 9.85. The summed E-state index contributed by atoms with van der Waals surface area (Å²) in [6.07, 6.45) is 15.7. The Labute approximate surface area is 205 Å². The maximum atomic E-state index is 13.5. The van der Waals surface area contributed by atoms with Crippen LogP contribution in [0, 0.1) is 11.8 Å². The first-order valence-electron chi connectivity index (χ1n) is 12.6. The van der Waals surface area contributed by atoms with Gasteiger partial charge in [-0.15, -0.1) is 11.8 Å². The number of hydrogen-bond donors (Lipinski definition) is 2. The lowest BCUT2D eigenvalue weighted by Gasteiger charge is -2.41. The van der Waals surface area contributed by atoms with Crippen molar-refractivity contribution in [3.8, 4) is 0 Å². The minimum Gasteiger partial charge on any atom is -0.481 e. The number of carboxylic acid groups (broad SMARTS) is 1. The fourth-order valence-electron chi connectivity index (χ4n) is 5.11. The number of aromatic nitrogens is 1. The van der Waals surface area contributed by atoms with Gasteiger partial charge in [0.25, 0.3) is 0 Å². The Balaban J connectivity index is 1.35. The van der Waals surface area contributed by atoms with Crippen LogP contribution in [0.4, 0.5) is 9.93 Å². The van der Waals surface area contributed by atoms with Gasteiger partial charge in [0, 0.05) is 25.3 Å². The first kappa shape index (κ1) is 24.8. The van der Waals surface area contributed by atoms with Gasteiger partial charge in [-0.2, -0.15) is 0 Å². The van der Waals surface area contributed by atoms with Gasteiger partial charge in [-0.25, -0.2) is 9.78 Å². The van der Waals surface area contributed by atoms with E-state index in [0.29, 0.717) is 17.1 Å². The van der Waals surface area contributed by atoms with Crippen molar-refractivity contribution in [1.29, 1.82) is 0 Å². The fourth-order valence-corrected chi connectivity index (χ4v) is 6.70. The van der Waals surface area contributed by atoms with Crippen molar-refractivity contribution >= 4 is 40.2 Å². The molecule has 3 fully saturated rings. The van der Waals surface area contributed by atoms with Gasteiger partial charge in [-0.05, 0) is 63.2 Å². The Bertz CT molecular complexity index is 770. The summed E-state index contributed by atoms with van der Waals surface area (Å²) < 4.78 is 6.76. The molecule has 3 aliphatic carbocycles. The van der Waals surface area contributed by atoms with Crippen molar-refractivity contribution in [3.05, 3.63) is 6.20 Å². The van der Waals surface area contributed by atoms with Crippen molar-refractivity contribution in [3.63, 3.8) is 0 Å². The molecule has 0 atom stereocenters. The molecular formula is C24H37N3O4S2. The van der Waals surface area contributed by atoms with Crippen LogP contribution in [-0.4, -0.2) is 58.0 Å². The van der Waals surface area contributed by atoms with Crippen LogP contribution in [0.15, 0.2) is 10.4 Å². The summed E-state index contributed by atoms with van der Waals surface area (Å²) in [7, 11) is 0. The van der Waals surface area contributed by atoms with Crippen LogP contribution in [0.25, 0.3) is 0 Å². The van der Waals surface area contributed by atoms with E-state index in [-0.39, 0.29) is 17.8 Å². The van der Waals surface area contributed by atoms with E-state index < -0.39 is 5.97 Å². The molecule has 4 rings (SSSR count). The highest BCUT2D eigenvalue weighted by atomic mass is 32.2. The van der Waals surface area contributed by atoms with Gasteiger partial charge in [0.15, 0.2) is 5.13 Å². The van der Waals surface area contributed by atoms with Gasteiger partial charge < -0.3 is 14.7 Å². The number of ether oxygens (including phenoxy) is 1. The molecule has 0 aromatic carbocycles. The number of carbonyl (C=O) groups excluding carboxylic acids is 1. The molecule has 2 N–H and O–H groups in total. The Morgan fingerprint density at radius 2 is 1.61 bits per heavy atom. The van der Waals surface area contributed by atoms with E-state index in [1.807, 2.05) is 0 Å². The number of carboxylic acids is 1. The molecule has 1 aromatic heterocycles. The number of hydrogen-bond acceptors (Lipinski definition) is 6. The molecule has 0 radical (unpaired) electrons. The molecule has 0 aliphatic heterocycles. The molecule has 0 saturated heterocycles. The van der Waals surface area contributed by atoms with Crippen LogP contribution in [0.1, 0.15) is 77.0 Å². The second kappa shape index (κ2) is 12.4. The van der Waals surface area contributed by atoms with Gasteiger partial charge in [0.1, 0.15) is 0 Å². The predicted octanol–water partition coefficient (Wildman–Crippen LogP) is 5.86. The van der Waals surface area contributed by atoms with Crippen LogP contribution in [0.2, 0.25) is 0 Å². The maximum absolute atomic E-state index is 13.5. The molecule has 1 heterocycles. The molecule has 3 aliphatic rings. The van der Waals surface area contributed by atoms with Crippen LogP contribution < -0.4 is 5.32 Å². The van der Waals surface area contributed by atoms with Crippen molar-refractivity contribution < 1.29 is 19.4 Å². The molecule has 0 spiro atoms. The van der Waals surface area contributed by atoms with Crippen LogP contribution in [0.5, 0.6) is 0 Å². The molecule has 33 heavy (non-hydrogen) atoms. The Hall–Kier alpha value is -1.32. The van der Waals surface area contributed by atoms with E-state index in [2.05, 4.69) is 15.2 Å². The van der Waals surface area contributed by atoms with Crippen molar-refractivity contribution in [2.24, 2.45) is 11.8 Å². The highest BCUT2D eigenvalue weighted by Gasteiger charge is 2.34. The third-order valence-corrected chi connectivity index (χ3v) is 9.19. The number of aliphatic carboxylic acids is 1. The predicted molar refractivity (Wildman–Crippen MR) is 132 cm³/mol. The van der Waals surface area contributed by atoms with E-state index in [1.165, 1.54) is 61.6 Å². The topological polar surface area (TPSA) is 91.8 Å². The highest BCUT2D eigenvalue weighted by molar-refractivity contribution is 8.01. The summed E-state index contributed by atoms with van der Waals surface area (Å²) in [6.45, 7) is 1.80. The zero-order chi connectivity index (χ0) is 23.0. The zero-order valence-corrected chi connectivity index (χ0v) is 21.0. The number of thiazole rings is 1. The van der Waals surface area contributed by atoms with Gasteiger partial charge in [0.05, 0.1) is 16.2 Å². The fraction of sp³-hybridized carbons (Fsp3) is 0.792. The smallest absolute Gasteiger partial charge is 0.324 e. The number of nitrogens with one attached hydrogen (secondary N) is 1. The van der Waals surface area contributed by atoms with Crippen molar-refractivity contribution in [1.82, 2.24) is 9.88 Å². The molecule has 3 saturated carbocycles. The molecule has 2 amide bonds. The molecule has 1 aromatic rings. The number of amides is 2. The highest BCUT2D eigenvalue weighted by Crippen LogP contribution is 2.35. The molecule has 9 heteroatoms. The quantitative estimate of drug-likeness (QED) is 0.312. The molecule has 0 bridgehead atoms. The van der Waals surface area contributed by atoms with Gasteiger partial charge in [-0.3, -0.25) is 10.1 Å². The zero-order valence-electron chi connectivity index (χ0n) is 19.4. The third-order valence-electron chi connectivity index (χ3n) is 7.10. The van der Waals surface area contributed by atoms with Crippen molar-refractivity contribution in [2.75, 3.05) is 24.3 Å². The molecule has 184 valence electrons. The largest absolute Gasteiger partial charge is 0.481 e. The van der Waals surface area contributed by atoms with Crippen molar-refractivity contribution in [2.45, 2.75) is 93.3 Å². The summed E-state index contributed by atoms with van der Waals surface area (Å²) in [5.41, 5.74) is 0. The summed E-state index contributed by atoms with van der Waals surface area (Å²) in [4.78, 5) is 30.8. The minimum absolute atomic E-state index is 0.00259. The monoisotopic (exact) mass is 495 g/mol. The maximum Gasteiger partial charge on any atom is 0.324 e. The van der Waals surface area contributed by atoms with Gasteiger partial charge >= 0.3 is 12.0 Å². The average molecular weight is 496 g/mol. The molecule has 0 unspecified atom stereocenters. The standard InChI is InChI=1S/C24H37N3O4S2/c28-21(29)16-32-22-13-25-23(33-22)26-24(30)27(19-5-3-1-2-4-6-19)20-11-9-18(10-12-20)15-31-14-17-7-8-17/h13,17-20H,1-12,14-16H2,(H,28,29)(H,25,26,30)/t18-,20-. The first-order chi connectivity index (χ1) is 16.1. The number of anilines is 1. The SMILES string of the molecule is O=C(O)CSc1cnc(NC(=O)N(C2CCCCCC2)[C@H]2CC[C@H](COCC3CC3)CC2)s1. The number of rotatable bonds is 10. The number of urea groups is 1. The van der Waals surface area contributed by atoms with E-state index in [4.69, 9.17) is 9.84 Å². The third kappa shape index (κ3) is 7.86. The Kier molecular flexibility index (Phi) is 9.32. The number of thioether (sulfide) groups is 1. The van der Waals surface area contributed by atoms with Gasteiger partial charge in [0.2, 0.25) is 0 Å². The van der Waals surface area contributed by atoms with Crippen LogP contribution >= 0.6 is 23.1 Å². The second-order valence-corrected chi connectivity index (χ2v) is 12.1. The lowest BCUT2D eigenvalue weighted by Crippen LogP contribution is -2.50. The Morgan fingerprint density at radius 1 is 1.00 bits per heavy atom. The summed E-state index contributed by atoms with van der Waals surface area (Å²) in [5.74, 6) is 0.570. The normalized spacial score (nSPS) is 24.2. The minimum atomic E-state index is -0.855. The lowest BCUT2D eigenvalue weighted by molar-refractivity contribution is -0.133. The summed E-state index contributed by atoms with van der Waals surface area (Å²) >= 11 is 2.58.